The van der Waals surface area contributed by atoms with Crippen LogP contribution in [0.4, 0.5) is 5.69 Å². The fourth-order valence-electron chi connectivity index (χ4n) is 3.45. The predicted molar refractivity (Wildman–Crippen MR) is 99.3 cm³/mol. The van der Waals surface area contributed by atoms with Crippen molar-refractivity contribution in [1.82, 2.24) is 10.2 Å². The summed E-state index contributed by atoms with van der Waals surface area (Å²) in [5.41, 5.74) is 1.46. The fraction of sp³-hybridized carbons (Fsp3) is 0.556. The molecule has 2 aliphatic heterocycles. The first-order valence-corrected chi connectivity index (χ1v) is 8.64. The smallest absolute Gasteiger partial charge is 0.337 e. The molecule has 2 saturated heterocycles. The highest BCUT2D eigenvalue weighted by atomic mass is 35.5. The summed E-state index contributed by atoms with van der Waals surface area (Å²) in [5.74, 6) is -0.0817. The van der Waals surface area contributed by atoms with Crippen molar-refractivity contribution in [3.8, 4) is 0 Å². The van der Waals surface area contributed by atoms with Gasteiger partial charge in [0, 0.05) is 24.8 Å². The molecule has 0 aliphatic carbocycles. The molecule has 3 rings (SSSR count). The molecule has 6 nitrogen and oxygen atoms in total. The molecule has 1 aromatic rings. The van der Waals surface area contributed by atoms with Crippen molar-refractivity contribution in [3.63, 3.8) is 0 Å². The molecule has 1 unspecified atom stereocenters. The van der Waals surface area contributed by atoms with Crippen LogP contribution < -0.4 is 10.6 Å². The van der Waals surface area contributed by atoms with E-state index in [1.54, 1.807) is 6.07 Å². The maximum Gasteiger partial charge on any atom is 0.337 e. The minimum absolute atomic E-state index is 0. The maximum absolute atomic E-state index is 12.4. The van der Waals surface area contributed by atoms with Gasteiger partial charge in [0.15, 0.2) is 0 Å². The molecule has 1 aromatic carbocycles. The van der Waals surface area contributed by atoms with Crippen LogP contribution in [0.25, 0.3) is 0 Å². The molecule has 0 radical (unpaired) electrons. The number of esters is 1. The van der Waals surface area contributed by atoms with Crippen molar-refractivity contribution < 1.29 is 14.3 Å². The molecule has 25 heavy (non-hydrogen) atoms. The second-order valence-electron chi connectivity index (χ2n) is 6.47. The van der Waals surface area contributed by atoms with Crippen LogP contribution in [0.5, 0.6) is 0 Å². The van der Waals surface area contributed by atoms with E-state index in [1.807, 2.05) is 23.1 Å². The van der Waals surface area contributed by atoms with E-state index in [4.69, 9.17) is 4.74 Å². The summed E-state index contributed by atoms with van der Waals surface area (Å²) in [6.45, 7) is 2.52. The first-order chi connectivity index (χ1) is 11.7. The Morgan fingerprint density at radius 3 is 2.64 bits per heavy atom. The number of hydrogen-bond donors (Lipinski definition) is 2. The summed E-state index contributed by atoms with van der Waals surface area (Å²) in [5, 5.41) is 6.74. The lowest BCUT2D eigenvalue weighted by molar-refractivity contribution is -0.134. The highest BCUT2D eigenvalue weighted by Gasteiger charge is 2.29. The number of anilines is 1. The lowest BCUT2D eigenvalue weighted by Gasteiger charge is -2.34. The summed E-state index contributed by atoms with van der Waals surface area (Å²) in [6.07, 6.45) is 3.88. The molecule has 1 atom stereocenters. The molecule has 138 valence electrons. The molecule has 2 fully saturated rings. The van der Waals surface area contributed by atoms with Crippen LogP contribution in [0.2, 0.25) is 0 Å². The number of likely N-dealkylation sites (tertiary alicyclic amines) is 1. The molecule has 2 N–H and O–H groups in total. The molecule has 0 spiro atoms. The van der Waals surface area contributed by atoms with E-state index < -0.39 is 0 Å². The third-order valence-corrected chi connectivity index (χ3v) is 4.82. The van der Waals surface area contributed by atoms with Gasteiger partial charge in [0.05, 0.1) is 18.7 Å². The second-order valence-corrected chi connectivity index (χ2v) is 6.47. The average Bonchev–Trinajstić information content (AvgIpc) is 3.16. The van der Waals surface area contributed by atoms with Crippen molar-refractivity contribution in [1.29, 1.82) is 0 Å². The third-order valence-electron chi connectivity index (χ3n) is 4.82. The third kappa shape index (κ3) is 4.86. The fourth-order valence-corrected chi connectivity index (χ4v) is 3.45. The molecular formula is C18H26ClN3O3. The van der Waals surface area contributed by atoms with E-state index in [1.165, 1.54) is 7.11 Å². The minimum atomic E-state index is -0.330. The Kier molecular flexibility index (Phi) is 7.08. The van der Waals surface area contributed by atoms with Crippen LogP contribution in [0.15, 0.2) is 24.3 Å². The van der Waals surface area contributed by atoms with Crippen molar-refractivity contribution in [2.24, 2.45) is 0 Å². The van der Waals surface area contributed by atoms with Crippen LogP contribution in [0, 0.1) is 0 Å². The van der Waals surface area contributed by atoms with Gasteiger partial charge in [-0.25, -0.2) is 4.79 Å². The van der Waals surface area contributed by atoms with Gasteiger partial charge in [-0.2, -0.15) is 0 Å². The predicted octanol–water partition coefficient (Wildman–Crippen LogP) is 2.05. The summed E-state index contributed by atoms with van der Waals surface area (Å²) in [6, 6.07) is 7.69. The number of methoxy groups -OCH3 is 1. The van der Waals surface area contributed by atoms with Gasteiger partial charge in [-0.3, -0.25) is 4.79 Å². The van der Waals surface area contributed by atoms with Crippen LogP contribution in [-0.2, 0) is 9.53 Å². The lowest BCUT2D eigenvalue weighted by atomic mass is 10.0. The number of hydrogen-bond acceptors (Lipinski definition) is 5. The number of rotatable bonds is 4. The van der Waals surface area contributed by atoms with Gasteiger partial charge in [-0.1, -0.05) is 6.07 Å². The molecular weight excluding hydrogens is 342 g/mol. The van der Waals surface area contributed by atoms with Crippen LogP contribution in [0.3, 0.4) is 0 Å². The Bertz CT molecular complexity index is 597. The zero-order chi connectivity index (χ0) is 16.9. The Labute approximate surface area is 154 Å². The molecule has 2 aliphatic rings. The molecule has 1 amide bonds. The van der Waals surface area contributed by atoms with Gasteiger partial charge in [0.25, 0.3) is 0 Å². The number of ether oxygens (including phenoxy) is 1. The Morgan fingerprint density at radius 1 is 1.24 bits per heavy atom. The molecule has 0 bridgehead atoms. The Balaban J connectivity index is 0.00000225. The van der Waals surface area contributed by atoms with E-state index in [0.717, 1.165) is 51.0 Å². The summed E-state index contributed by atoms with van der Waals surface area (Å²) >= 11 is 0. The summed E-state index contributed by atoms with van der Waals surface area (Å²) in [7, 11) is 1.38. The quantitative estimate of drug-likeness (QED) is 0.797. The topological polar surface area (TPSA) is 70.7 Å². The number of piperidine rings is 1. The van der Waals surface area contributed by atoms with Crippen molar-refractivity contribution in [2.75, 3.05) is 32.1 Å². The number of carbonyl (C=O) groups is 2. The number of amides is 1. The first-order valence-electron chi connectivity index (χ1n) is 8.64. The van der Waals surface area contributed by atoms with Gasteiger partial charge in [0.2, 0.25) is 5.91 Å². The zero-order valence-corrected chi connectivity index (χ0v) is 15.3. The Morgan fingerprint density at radius 2 is 2.00 bits per heavy atom. The average molecular weight is 368 g/mol. The SMILES string of the molecule is COC(=O)c1cccc(NC2CCN(C(=O)C3CCCN3)CC2)c1.Cl. The molecule has 7 heteroatoms. The number of halogens is 1. The monoisotopic (exact) mass is 367 g/mol. The van der Waals surface area contributed by atoms with E-state index in [2.05, 4.69) is 10.6 Å². The largest absolute Gasteiger partial charge is 0.465 e. The molecule has 2 heterocycles. The van der Waals surface area contributed by atoms with E-state index in [-0.39, 0.29) is 30.3 Å². The van der Waals surface area contributed by atoms with Gasteiger partial charge in [-0.05, 0) is 50.4 Å². The van der Waals surface area contributed by atoms with Gasteiger partial charge in [-0.15, -0.1) is 12.4 Å². The minimum Gasteiger partial charge on any atom is -0.465 e. The summed E-state index contributed by atoms with van der Waals surface area (Å²) in [4.78, 5) is 26.0. The van der Waals surface area contributed by atoms with E-state index in [0.29, 0.717) is 11.6 Å². The summed E-state index contributed by atoms with van der Waals surface area (Å²) < 4.78 is 4.75. The Hall–Kier alpha value is -1.79. The normalized spacial score (nSPS) is 20.7. The first kappa shape index (κ1) is 19.5. The second kappa shape index (κ2) is 9.06. The van der Waals surface area contributed by atoms with E-state index >= 15 is 0 Å². The van der Waals surface area contributed by atoms with Gasteiger partial charge >= 0.3 is 5.97 Å². The standard InChI is InChI=1S/C18H25N3O3.ClH/c1-24-18(23)13-4-2-5-15(12-13)20-14-7-10-21(11-8-14)17(22)16-6-3-9-19-16;/h2,4-5,12,14,16,19-20H,3,6-11H2,1H3;1H. The lowest BCUT2D eigenvalue weighted by Crippen LogP contribution is -2.48. The van der Waals surface area contributed by atoms with Crippen LogP contribution in [0.1, 0.15) is 36.0 Å². The van der Waals surface area contributed by atoms with Crippen LogP contribution >= 0.6 is 12.4 Å². The van der Waals surface area contributed by atoms with Gasteiger partial charge in [0.1, 0.15) is 0 Å². The van der Waals surface area contributed by atoms with Crippen molar-refractivity contribution in [2.45, 2.75) is 37.8 Å². The van der Waals surface area contributed by atoms with Crippen LogP contribution in [-0.4, -0.2) is 55.6 Å². The highest BCUT2D eigenvalue weighted by molar-refractivity contribution is 5.90. The number of benzene rings is 1. The zero-order valence-electron chi connectivity index (χ0n) is 14.5. The number of nitrogens with one attached hydrogen (secondary N) is 2. The number of carbonyl (C=O) groups excluding carboxylic acids is 2. The highest BCUT2D eigenvalue weighted by Crippen LogP contribution is 2.19. The van der Waals surface area contributed by atoms with Crippen molar-refractivity contribution >= 4 is 30.0 Å². The molecule has 0 aromatic heterocycles. The maximum atomic E-state index is 12.4. The van der Waals surface area contributed by atoms with E-state index in [9.17, 15) is 9.59 Å². The number of nitrogens with zero attached hydrogens (tertiary/aromatic N) is 1. The van der Waals surface area contributed by atoms with Crippen molar-refractivity contribution in [3.05, 3.63) is 29.8 Å². The van der Waals surface area contributed by atoms with Gasteiger partial charge < -0.3 is 20.3 Å². The molecule has 0 saturated carbocycles.